The molecule has 6 rings (SSSR count). The predicted octanol–water partition coefficient (Wildman–Crippen LogP) is 7.25. The van der Waals surface area contributed by atoms with Crippen molar-refractivity contribution in [1.82, 2.24) is 4.57 Å². The van der Waals surface area contributed by atoms with Crippen LogP contribution in [-0.2, 0) is 7.05 Å². The first-order valence-electron chi connectivity index (χ1n) is 14.4. The summed E-state index contributed by atoms with van der Waals surface area (Å²) < 4.78 is 233. The van der Waals surface area contributed by atoms with Crippen molar-refractivity contribution in [3.63, 3.8) is 0 Å². The topological polar surface area (TPSA) is 8.81 Å². The molecule has 0 saturated carbocycles. The Morgan fingerprint density at radius 2 is 0.654 bits per heavy atom. The van der Waals surface area contributed by atoms with E-state index in [9.17, 15) is 13.2 Å². The van der Waals surface area contributed by atoms with Crippen molar-refractivity contribution in [3.05, 3.63) is 154 Å². The molecular formula is C34H14BF15N2. The number of aryl methyl sites for hydroxylation is 1. The number of rotatable bonds is 6. The van der Waals surface area contributed by atoms with Crippen molar-refractivity contribution in [2.24, 2.45) is 7.05 Å². The Kier molecular flexibility index (Phi) is 8.91. The Bertz CT molecular complexity index is 2180. The van der Waals surface area contributed by atoms with Crippen molar-refractivity contribution in [3.8, 4) is 22.5 Å². The van der Waals surface area contributed by atoms with Gasteiger partial charge in [-0.15, -0.1) is 0 Å². The molecule has 1 heterocycles. The van der Waals surface area contributed by atoms with Gasteiger partial charge in [-0.25, -0.2) is 70.4 Å². The van der Waals surface area contributed by atoms with Gasteiger partial charge in [0.25, 0.3) is 6.28 Å². The molecule has 18 heteroatoms. The van der Waals surface area contributed by atoms with E-state index in [4.69, 9.17) is 0 Å². The Morgan fingerprint density at radius 3 is 0.962 bits per heavy atom. The number of benzene rings is 5. The van der Waals surface area contributed by atoms with Crippen molar-refractivity contribution in [2.45, 2.75) is 0 Å². The SMILES string of the molecule is Cn1c[n+]([B-](c2c(F)c(F)c(F)c(F)c2F)(c2c(F)c(F)c(F)c(F)c2F)c2c(F)c(F)c(F)c(F)c2F)c(-c2ccccc2)c1-c1ccccc1. The van der Waals surface area contributed by atoms with Crippen molar-refractivity contribution in [2.75, 3.05) is 0 Å². The van der Waals surface area contributed by atoms with E-state index >= 15 is 52.7 Å². The van der Waals surface area contributed by atoms with Crippen LogP contribution in [0.5, 0.6) is 0 Å². The van der Waals surface area contributed by atoms with Crippen LogP contribution in [0.3, 0.4) is 0 Å². The number of hydrogen-bond acceptors (Lipinski definition) is 0. The highest BCUT2D eigenvalue weighted by Crippen LogP contribution is 2.33. The lowest BCUT2D eigenvalue weighted by Crippen LogP contribution is -2.88. The summed E-state index contributed by atoms with van der Waals surface area (Å²) in [5, 5.41) is 0. The van der Waals surface area contributed by atoms with Gasteiger partial charge in [0.1, 0.15) is 40.6 Å². The fraction of sp³-hybridized carbons (Fsp3) is 0.0294. The van der Waals surface area contributed by atoms with Gasteiger partial charge in [0.05, 0.1) is 7.05 Å². The van der Waals surface area contributed by atoms with E-state index in [0.29, 0.717) is 6.33 Å². The fourth-order valence-electron chi connectivity index (χ4n) is 6.52. The van der Waals surface area contributed by atoms with Crippen LogP contribution in [0.1, 0.15) is 0 Å². The quantitative estimate of drug-likeness (QED) is 0.0736. The zero-order chi connectivity index (χ0) is 38.1. The van der Waals surface area contributed by atoms with Crippen LogP contribution in [0.4, 0.5) is 65.9 Å². The first kappa shape index (κ1) is 36.1. The van der Waals surface area contributed by atoms with Gasteiger partial charge in [-0.05, 0) is 0 Å². The summed E-state index contributed by atoms with van der Waals surface area (Å²) in [6.07, 6.45) is -5.65. The van der Waals surface area contributed by atoms with Gasteiger partial charge in [0.15, 0.2) is 64.4 Å². The summed E-state index contributed by atoms with van der Waals surface area (Å²) in [6, 6.07) is 13.0. The molecule has 0 saturated heterocycles. The van der Waals surface area contributed by atoms with Crippen LogP contribution < -0.4 is 20.9 Å². The summed E-state index contributed by atoms with van der Waals surface area (Å²) in [5.41, 5.74) is -9.56. The third-order valence-corrected chi connectivity index (χ3v) is 8.63. The average Bonchev–Trinajstić information content (AvgIpc) is 3.50. The normalized spacial score (nSPS) is 11.8. The maximum atomic E-state index is 16.3. The van der Waals surface area contributed by atoms with E-state index < -0.39 is 116 Å². The van der Waals surface area contributed by atoms with Crippen LogP contribution in [0.25, 0.3) is 22.5 Å². The van der Waals surface area contributed by atoms with E-state index in [2.05, 4.69) is 0 Å². The number of imidazole rings is 1. The molecule has 0 N–H and O–H groups in total. The van der Waals surface area contributed by atoms with Gasteiger partial charge in [-0.3, -0.25) is 0 Å². The standard InChI is InChI=1S/C34H14BF15N2/c1-51-12-52(34(14-10-6-3-7-11-14)33(51)13-8-4-2-5-9-13)35(15-18(36)24(42)30(48)25(43)19(15)37,16-20(38)26(44)31(49)27(45)21(16)39)17-22(40)28(46)32(50)29(47)23(17)41/h2-12H,1H3. The van der Waals surface area contributed by atoms with E-state index in [1.165, 1.54) is 48.5 Å². The Balaban J connectivity index is 2.10. The van der Waals surface area contributed by atoms with Gasteiger partial charge in [0.2, 0.25) is 0 Å². The largest absolute Gasteiger partial charge is 0.414 e. The number of aromatic nitrogens is 2. The molecule has 1 aromatic heterocycles. The second kappa shape index (κ2) is 12.8. The number of nitrogens with zero attached hydrogens (tertiary/aromatic N) is 2. The van der Waals surface area contributed by atoms with Crippen LogP contribution in [0.2, 0.25) is 0 Å². The lowest BCUT2D eigenvalue weighted by atomic mass is 9.23. The third-order valence-electron chi connectivity index (χ3n) is 8.63. The summed E-state index contributed by atoms with van der Waals surface area (Å²) in [4.78, 5) is 0. The zero-order valence-electron chi connectivity index (χ0n) is 25.5. The molecule has 0 spiro atoms. The van der Waals surface area contributed by atoms with Crippen LogP contribution >= 0.6 is 0 Å². The van der Waals surface area contributed by atoms with Crippen LogP contribution in [-0.4, -0.2) is 10.8 Å². The van der Waals surface area contributed by atoms with E-state index in [1.807, 2.05) is 0 Å². The Morgan fingerprint density at radius 1 is 0.385 bits per heavy atom. The summed E-state index contributed by atoms with van der Waals surface area (Å²) in [5.74, 6) is -46.1. The minimum absolute atomic E-state index is 0.0273. The van der Waals surface area contributed by atoms with Crippen LogP contribution in [0, 0.1) is 87.3 Å². The molecule has 5 aromatic carbocycles. The minimum atomic E-state index is -6.08. The Labute approximate surface area is 281 Å². The van der Waals surface area contributed by atoms with Gasteiger partial charge < -0.3 is 4.48 Å². The van der Waals surface area contributed by atoms with E-state index in [0.717, 1.165) is 23.7 Å². The van der Waals surface area contributed by atoms with Gasteiger partial charge >= 0.3 is 0 Å². The number of hydrogen-bond donors (Lipinski definition) is 0. The first-order chi connectivity index (χ1) is 24.5. The molecule has 0 atom stereocenters. The van der Waals surface area contributed by atoms with Crippen LogP contribution in [0.15, 0.2) is 67.0 Å². The predicted molar refractivity (Wildman–Crippen MR) is 155 cm³/mol. The number of halogens is 15. The maximum absolute atomic E-state index is 16.3. The van der Waals surface area contributed by atoms with Crippen molar-refractivity contribution in [1.29, 1.82) is 0 Å². The molecule has 6 aromatic rings. The molecule has 2 nitrogen and oxygen atoms in total. The molecule has 0 bridgehead atoms. The smallest absolute Gasteiger partial charge is 0.289 e. The van der Waals surface area contributed by atoms with Gasteiger partial charge in [0, 0.05) is 11.1 Å². The minimum Gasteiger partial charge on any atom is -0.414 e. The molecule has 268 valence electrons. The third kappa shape index (κ3) is 4.90. The highest BCUT2D eigenvalue weighted by Gasteiger charge is 2.55. The Hall–Kier alpha value is -5.68. The van der Waals surface area contributed by atoms with Gasteiger partial charge in [-0.1, -0.05) is 77.1 Å². The van der Waals surface area contributed by atoms with Crippen molar-refractivity contribution < 1.29 is 70.3 Å². The summed E-state index contributed by atoms with van der Waals surface area (Å²) >= 11 is 0. The molecule has 0 aliphatic carbocycles. The van der Waals surface area contributed by atoms with Gasteiger partial charge in [-0.2, -0.15) is 0 Å². The molecule has 0 aliphatic heterocycles. The monoisotopic (exact) mass is 746 g/mol. The molecule has 0 aliphatic rings. The molecule has 52 heavy (non-hydrogen) atoms. The fourth-order valence-corrected chi connectivity index (χ4v) is 6.52. The highest BCUT2D eigenvalue weighted by molar-refractivity contribution is 7.05. The second-order valence-corrected chi connectivity index (χ2v) is 11.3. The first-order valence-corrected chi connectivity index (χ1v) is 14.4. The second-order valence-electron chi connectivity index (χ2n) is 11.3. The summed E-state index contributed by atoms with van der Waals surface area (Å²) in [6.45, 7) is 0. The molecule has 0 amide bonds. The zero-order valence-corrected chi connectivity index (χ0v) is 25.5. The maximum Gasteiger partial charge on any atom is 0.289 e. The summed E-state index contributed by atoms with van der Waals surface area (Å²) in [7, 11) is 1.06. The molecule has 0 radical (unpaired) electrons. The van der Waals surface area contributed by atoms with E-state index in [1.54, 1.807) is 0 Å². The molecule has 0 fully saturated rings. The molecular weight excluding hydrogens is 732 g/mol. The highest BCUT2D eigenvalue weighted by atomic mass is 19.2. The average molecular weight is 746 g/mol. The molecule has 0 unspecified atom stereocenters. The lowest BCUT2D eigenvalue weighted by Gasteiger charge is -2.41. The van der Waals surface area contributed by atoms with Crippen molar-refractivity contribution >= 4 is 22.7 Å². The van der Waals surface area contributed by atoms with E-state index in [-0.39, 0.29) is 21.3 Å². The lowest BCUT2D eigenvalue weighted by molar-refractivity contribution is -0.527.